The minimum Gasteiger partial charge on any atom is -0.368 e. The summed E-state index contributed by atoms with van der Waals surface area (Å²) in [5, 5.41) is 0. The molecule has 3 aliphatic heterocycles. The Balaban J connectivity index is 1.30. The van der Waals surface area contributed by atoms with Gasteiger partial charge in [-0.1, -0.05) is 60.7 Å². The molecule has 7 nitrogen and oxygen atoms in total. The fraction of sp³-hybridized carbons (Fsp3) is 0.462. The van der Waals surface area contributed by atoms with Crippen molar-refractivity contribution in [3.05, 3.63) is 71.8 Å². The average molecular weight is 452 g/mol. The van der Waals surface area contributed by atoms with E-state index in [0.29, 0.717) is 6.61 Å². The molecule has 0 saturated carbocycles. The number of piperidine rings is 1. The van der Waals surface area contributed by atoms with Crippen molar-refractivity contribution in [2.45, 2.75) is 70.2 Å². The Morgan fingerprint density at radius 1 is 0.879 bits per heavy atom. The van der Waals surface area contributed by atoms with Gasteiger partial charge in [0, 0.05) is 18.8 Å². The molecule has 0 aromatic heterocycles. The number of ether oxygens (including phenoxy) is 4. The van der Waals surface area contributed by atoms with Crippen LogP contribution in [0.1, 0.15) is 37.8 Å². The predicted octanol–water partition coefficient (Wildman–Crippen LogP) is 3.41. The zero-order chi connectivity index (χ0) is 23.0. The van der Waals surface area contributed by atoms with E-state index in [1.807, 2.05) is 74.5 Å². The molecule has 4 atom stereocenters. The molecule has 5 rings (SSSR count). The van der Waals surface area contributed by atoms with Crippen LogP contribution in [0.3, 0.4) is 0 Å². The molecule has 7 heteroatoms. The Morgan fingerprint density at radius 2 is 1.48 bits per heavy atom. The monoisotopic (exact) mass is 451 g/mol. The van der Waals surface area contributed by atoms with Crippen molar-refractivity contribution < 1.29 is 28.5 Å². The van der Waals surface area contributed by atoms with Gasteiger partial charge in [-0.25, -0.2) is 0 Å². The van der Waals surface area contributed by atoms with Gasteiger partial charge in [0.05, 0.1) is 19.3 Å². The van der Waals surface area contributed by atoms with Gasteiger partial charge in [0.2, 0.25) is 11.8 Å². The summed E-state index contributed by atoms with van der Waals surface area (Å²) in [5.74, 6) is -1.45. The Morgan fingerprint density at radius 3 is 2.12 bits per heavy atom. The second kappa shape index (κ2) is 8.99. The third-order valence-electron chi connectivity index (χ3n) is 6.44. The van der Waals surface area contributed by atoms with Crippen molar-refractivity contribution >= 4 is 11.8 Å². The highest BCUT2D eigenvalue weighted by Crippen LogP contribution is 2.43. The maximum absolute atomic E-state index is 13.0. The van der Waals surface area contributed by atoms with Crippen LogP contribution >= 0.6 is 0 Å². The van der Waals surface area contributed by atoms with E-state index >= 15 is 0 Å². The van der Waals surface area contributed by atoms with Crippen LogP contribution in [0.2, 0.25) is 0 Å². The normalized spacial score (nSPS) is 29.5. The molecule has 3 heterocycles. The first-order valence-corrected chi connectivity index (χ1v) is 11.4. The lowest BCUT2D eigenvalue weighted by Crippen LogP contribution is -2.48. The molecule has 2 aromatic carbocycles. The van der Waals surface area contributed by atoms with Crippen LogP contribution in [0, 0.1) is 5.92 Å². The predicted molar refractivity (Wildman–Crippen MR) is 118 cm³/mol. The maximum Gasteiger partial charge on any atom is 0.229 e. The van der Waals surface area contributed by atoms with Crippen molar-refractivity contribution in [2.24, 2.45) is 5.92 Å². The molecule has 2 amide bonds. The smallest absolute Gasteiger partial charge is 0.229 e. The summed E-state index contributed by atoms with van der Waals surface area (Å²) < 4.78 is 24.5. The summed E-state index contributed by atoms with van der Waals surface area (Å²) in [7, 11) is 0. The molecule has 0 N–H and O–H groups in total. The molecule has 3 aliphatic rings. The molecular formula is C26H29NO6. The first kappa shape index (κ1) is 22.2. The Hall–Kier alpha value is -2.58. The second-order valence-corrected chi connectivity index (χ2v) is 9.36. The second-order valence-electron chi connectivity index (χ2n) is 9.36. The van der Waals surface area contributed by atoms with Crippen molar-refractivity contribution in [3.8, 4) is 0 Å². The Labute approximate surface area is 193 Å². The number of carbonyl (C=O) groups excluding carboxylic acids is 2. The summed E-state index contributed by atoms with van der Waals surface area (Å²) in [4.78, 5) is 27.3. The fourth-order valence-electron chi connectivity index (χ4n) is 4.89. The van der Waals surface area contributed by atoms with E-state index in [1.165, 1.54) is 4.90 Å². The Kier molecular flexibility index (Phi) is 6.05. The molecule has 33 heavy (non-hydrogen) atoms. The molecule has 3 saturated heterocycles. The minimum atomic E-state index is -0.778. The Bertz CT molecular complexity index is 976. The third-order valence-corrected chi connectivity index (χ3v) is 6.44. The summed E-state index contributed by atoms with van der Waals surface area (Å²) in [6, 6.07) is 19.4. The molecule has 3 fully saturated rings. The van der Waals surface area contributed by atoms with E-state index in [4.69, 9.17) is 18.9 Å². The number of hydrogen-bond donors (Lipinski definition) is 0. The number of benzene rings is 2. The highest BCUT2D eigenvalue weighted by atomic mass is 16.8. The van der Waals surface area contributed by atoms with Gasteiger partial charge in [-0.05, 0) is 25.0 Å². The van der Waals surface area contributed by atoms with Crippen LogP contribution in [-0.2, 0) is 41.7 Å². The number of amides is 2. The van der Waals surface area contributed by atoms with Crippen LogP contribution in [0.5, 0.6) is 0 Å². The van der Waals surface area contributed by atoms with E-state index in [9.17, 15) is 9.59 Å². The molecule has 2 aromatic rings. The summed E-state index contributed by atoms with van der Waals surface area (Å²) in [6.07, 6.45) is -1.47. The molecule has 174 valence electrons. The van der Waals surface area contributed by atoms with Gasteiger partial charge in [0.1, 0.15) is 12.2 Å². The van der Waals surface area contributed by atoms with Crippen LogP contribution in [-0.4, -0.2) is 47.1 Å². The third kappa shape index (κ3) is 4.73. The first-order chi connectivity index (χ1) is 15.9. The van der Waals surface area contributed by atoms with Gasteiger partial charge in [-0.3, -0.25) is 14.5 Å². The van der Waals surface area contributed by atoms with Crippen LogP contribution in [0.4, 0.5) is 0 Å². The van der Waals surface area contributed by atoms with Gasteiger partial charge in [0.15, 0.2) is 12.1 Å². The topological polar surface area (TPSA) is 74.3 Å². The van der Waals surface area contributed by atoms with Gasteiger partial charge in [-0.2, -0.15) is 0 Å². The molecular weight excluding hydrogens is 422 g/mol. The van der Waals surface area contributed by atoms with Gasteiger partial charge < -0.3 is 18.9 Å². The van der Waals surface area contributed by atoms with Crippen molar-refractivity contribution in [2.75, 3.05) is 0 Å². The first-order valence-electron chi connectivity index (χ1n) is 11.4. The molecule has 0 radical (unpaired) electrons. The number of fused-ring (bicyclic) bond motifs is 1. The van der Waals surface area contributed by atoms with E-state index < -0.39 is 30.4 Å². The zero-order valence-corrected chi connectivity index (χ0v) is 18.9. The van der Waals surface area contributed by atoms with Gasteiger partial charge in [0.25, 0.3) is 0 Å². The lowest BCUT2D eigenvalue weighted by Gasteiger charge is -2.35. The standard InChI is InChI=1S/C26H29NO6/c1-26(2)32-24-23(30-16-18-11-7-4-8-12-18)22(31-25(24)33-26)19-13-20(28)27(21(29)14-19)15-17-9-5-3-6-10-17/h3-12,19,22-25H,13-16H2,1-2H3/t22-,23+,24-,25-/m1/s1. The van der Waals surface area contributed by atoms with Crippen LogP contribution < -0.4 is 0 Å². The van der Waals surface area contributed by atoms with Crippen molar-refractivity contribution in [1.82, 2.24) is 4.90 Å². The summed E-state index contributed by atoms with van der Waals surface area (Å²) in [5.41, 5.74) is 1.96. The zero-order valence-electron chi connectivity index (χ0n) is 18.9. The summed E-state index contributed by atoms with van der Waals surface area (Å²) in [6.45, 7) is 4.35. The highest BCUT2D eigenvalue weighted by Gasteiger charge is 2.58. The van der Waals surface area contributed by atoms with Gasteiger partial charge in [-0.15, -0.1) is 0 Å². The van der Waals surface area contributed by atoms with Crippen LogP contribution in [0.15, 0.2) is 60.7 Å². The van der Waals surface area contributed by atoms with Gasteiger partial charge >= 0.3 is 0 Å². The lowest BCUT2D eigenvalue weighted by atomic mass is 9.87. The van der Waals surface area contributed by atoms with Crippen molar-refractivity contribution in [3.63, 3.8) is 0 Å². The number of carbonyl (C=O) groups is 2. The quantitative estimate of drug-likeness (QED) is 0.627. The van der Waals surface area contributed by atoms with E-state index in [0.717, 1.165) is 11.1 Å². The number of imide groups is 1. The molecule has 0 bridgehead atoms. The number of likely N-dealkylation sites (tertiary alicyclic amines) is 1. The summed E-state index contributed by atoms with van der Waals surface area (Å²) >= 11 is 0. The molecule has 0 unspecified atom stereocenters. The highest BCUT2D eigenvalue weighted by molar-refractivity contribution is 5.98. The SMILES string of the molecule is CC1(C)O[C@H]2O[C@H](C3CC(=O)N(Cc4ccccc4)C(=O)C3)[C@H](OCc3ccccc3)[C@H]2O1. The van der Waals surface area contributed by atoms with E-state index in [-0.39, 0.29) is 37.1 Å². The maximum atomic E-state index is 13.0. The largest absolute Gasteiger partial charge is 0.368 e. The van der Waals surface area contributed by atoms with E-state index in [2.05, 4.69) is 0 Å². The van der Waals surface area contributed by atoms with E-state index in [1.54, 1.807) is 0 Å². The number of hydrogen-bond acceptors (Lipinski definition) is 6. The average Bonchev–Trinajstić information content (AvgIpc) is 3.27. The lowest BCUT2D eigenvalue weighted by molar-refractivity contribution is -0.227. The number of nitrogens with zero attached hydrogens (tertiary/aromatic N) is 1. The molecule has 0 aliphatic carbocycles. The van der Waals surface area contributed by atoms with Crippen LogP contribution in [0.25, 0.3) is 0 Å². The minimum absolute atomic E-state index is 0.190. The molecule has 0 spiro atoms. The number of rotatable bonds is 6. The van der Waals surface area contributed by atoms with Crippen molar-refractivity contribution in [1.29, 1.82) is 0 Å². The fourth-order valence-corrected chi connectivity index (χ4v) is 4.89.